The summed E-state index contributed by atoms with van der Waals surface area (Å²) in [7, 11) is 0. The molecule has 1 rings (SSSR count). The molecule has 0 N–H and O–H groups in total. The van der Waals surface area contributed by atoms with E-state index in [1.807, 2.05) is 0 Å². The molecule has 2 heteroatoms. The Labute approximate surface area is 284 Å². The zero-order valence-electron chi connectivity index (χ0n) is 31.1. The van der Waals surface area contributed by atoms with E-state index in [9.17, 15) is 4.79 Å². The third kappa shape index (κ3) is 25.9. The van der Waals surface area contributed by atoms with Crippen LogP contribution in [0.5, 0.6) is 0 Å². The molecule has 0 aromatic rings. The van der Waals surface area contributed by atoms with Gasteiger partial charge in [-0.3, -0.25) is 0 Å². The van der Waals surface area contributed by atoms with Gasteiger partial charge in [-0.25, -0.2) is 4.79 Å². The number of rotatable bonds is 35. The van der Waals surface area contributed by atoms with Crippen molar-refractivity contribution in [3.63, 3.8) is 0 Å². The lowest BCUT2D eigenvalue weighted by Gasteiger charge is -2.33. The fraction of sp³-hybridized carbons (Fsp3) is 0.930. The predicted octanol–water partition coefficient (Wildman–Crippen LogP) is 15.0. The van der Waals surface area contributed by atoms with E-state index in [0.717, 1.165) is 0 Å². The molecule has 1 aliphatic carbocycles. The normalized spacial score (nSPS) is 15.0. The number of carbonyl (C=O) groups is 1. The largest absolute Gasteiger partial charge is 0.462 e. The fourth-order valence-electron chi connectivity index (χ4n) is 8.12. The van der Waals surface area contributed by atoms with Crippen LogP contribution in [0.2, 0.25) is 0 Å². The Morgan fingerprint density at radius 1 is 0.578 bits per heavy atom. The van der Waals surface area contributed by atoms with E-state index in [0.29, 0.717) is 17.9 Å². The Bertz CT molecular complexity index is 634. The molecular weight excluding hydrogens is 548 g/mol. The summed E-state index contributed by atoms with van der Waals surface area (Å²) in [6.45, 7) is 8.83. The quantitative estimate of drug-likeness (QED) is 0.0395. The van der Waals surface area contributed by atoms with E-state index in [-0.39, 0.29) is 5.97 Å². The maximum atomic E-state index is 11.9. The smallest absolute Gasteiger partial charge is 0.330 e. The summed E-state index contributed by atoms with van der Waals surface area (Å²) >= 11 is 0. The number of hydrogen-bond acceptors (Lipinski definition) is 2. The van der Waals surface area contributed by atoms with Gasteiger partial charge in [0.05, 0.1) is 6.61 Å². The van der Waals surface area contributed by atoms with Crippen LogP contribution < -0.4 is 0 Å². The van der Waals surface area contributed by atoms with Crippen molar-refractivity contribution in [2.24, 2.45) is 11.3 Å². The van der Waals surface area contributed by atoms with Crippen molar-refractivity contribution in [3.8, 4) is 0 Å². The average molecular weight is 631 g/mol. The van der Waals surface area contributed by atoms with Gasteiger partial charge in [0.2, 0.25) is 0 Å². The molecule has 0 saturated heterocycles. The van der Waals surface area contributed by atoms with Gasteiger partial charge in [0, 0.05) is 6.08 Å². The monoisotopic (exact) mass is 631 g/mol. The minimum atomic E-state index is -0.242. The van der Waals surface area contributed by atoms with Crippen LogP contribution in [0.4, 0.5) is 0 Å². The van der Waals surface area contributed by atoms with Crippen LogP contribution in [0.25, 0.3) is 0 Å². The van der Waals surface area contributed by atoms with Gasteiger partial charge in [0.1, 0.15) is 0 Å². The van der Waals surface area contributed by atoms with E-state index in [1.165, 1.54) is 231 Å². The van der Waals surface area contributed by atoms with Crippen LogP contribution >= 0.6 is 0 Å². The molecular formula is C43H82O2. The van der Waals surface area contributed by atoms with Crippen LogP contribution in [0.15, 0.2) is 12.7 Å². The Kier molecular flexibility index (Phi) is 29.8. The highest BCUT2D eigenvalue weighted by Gasteiger charge is 2.35. The molecule has 0 aliphatic heterocycles. The molecule has 1 saturated carbocycles. The molecule has 0 radical (unpaired) electrons. The first-order valence-corrected chi connectivity index (χ1v) is 20.9. The maximum absolute atomic E-state index is 11.9. The van der Waals surface area contributed by atoms with Gasteiger partial charge in [-0.1, -0.05) is 213 Å². The van der Waals surface area contributed by atoms with Crippen molar-refractivity contribution in [2.45, 2.75) is 239 Å². The second-order valence-electron chi connectivity index (χ2n) is 15.3. The van der Waals surface area contributed by atoms with Crippen molar-refractivity contribution < 1.29 is 9.53 Å². The number of ether oxygens (including phenoxy) is 1. The summed E-state index contributed by atoms with van der Waals surface area (Å²) in [5, 5.41) is 0. The lowest BCUT2D eigenvalue weighted by atomic mass is 9.73. The molecule has 1 fully saturated rings. The molecule has 1 aliphatic rings. The molecule has 0 aromatic heterocycles. The Morgan fingerprint density at radius 2 is 0.933 bits per heavy atom. The van der Waals surface area contributed by atoms with Gasteiger partial charge in [0.15, 0.2) is 0 Å². The molecule has 45 heavy (non-hydrogen) atoms. The molecule has 1 unspecified atom stereocenters. The highest BCUT2D eigenvalue weighted by Crippen LogP contribution is 2.48. The predicted molar refractivity (Wildman–Crippen MR) is 200 cm³/mol. The average Bonchev–Trinajstić information content (AvgIpc) is 3.51. The molecule has 0 bridgehead atoms. The van der Waals surface area contributed by atoms with E-state index < -0.39 is 0 Å². The third-order valence-electron chi connectivity index (χ3n) is 11.0. The first-order valence-electron chi connectivity index (χ1n) is 20.9. The van der Waals surface area contributed by atoms with Crippen LogP contribution in [0.3, 0.4) is 0 Å². The summed E-state index contributed by atoms with van der Waals surface area (Å²) in [6.07, 6.45) is 50.6. The number of unbranched alkanes of at least 4 members (excludes halogenated alkanes) is 26. The third-order valence-corrected chi connectivity index (χ3v) is 11.0. The lowest BCUT2D eigenvalue weighted by molar-refractivity contribution is -0.139. The second-order valence-corrected chi connectivity index (χ2v) is 15.3. The van der Waals surface area contributed by atoms with Gasteiger partial charge in [-0.2, -0.15) is 0 Å². The molecule has 2 nitrogen and oxygen atoms in total. The molecule has 266 valence electrons. The van der Waals surface area contributed by atoms with Gasteiger partial charge in [-0.15, -0.1) is 0 Å². The second kappa shape index (κ2) is 31.8. The standard InChI is InChI=1S/C43H82O2/c1-4-7-9-11-13-15-17-19-21-23-25-27-29-31-35-41(40-45-42(44)6-3)39-43(37-33-34-38-43)36-32-30-28-26-24-22-20-18-16-14-12-10-8-5-2/h6,41H,3-5,7-40H2,1-2H3. The van der Waals surface area contributed by atoms with Gasteiger partial charge in [0.25, 0.3) is 0 Å². The molecule has 0 spiro atoms. The number of esters is 1. The first kappa shape index (κ1) is 42.2. The fourth-order valence-corrected chi connectivity index (χ4v) is 8.12. The highest BCUT2D eigenvalue weighted by molar-refractivity contribution is 5.81. The van der Waals surface area contributed by atoms with E-state index >= 15 is 0 Å². The number of hydrogen-bond donors (Lipinski definition) is 0. The minimum absolute atomic E-state index is 0.242. The molecule has 1 atom stereocenters. The zero-order chi connectivity index (χ0) is 32.5. The topological polar surface area (TPSA) is 26.3 Å². The van der Waals surface area contributed by atoms with Crippen molar-refractivity contribution in [3.05, 3.63) is 12.7 Å². The summed E-state index contributed by atoms with van der Waals surface area (Å²) < 4.78 is 5.65. The summed E-state index contributed by atoms with van der Waals surface area (Å²) in [4.78, 5) is 11.9. The zero-order valence-corrected chi connectivity index (χ0v) is 31.1. The van der Waals surface area contributed by atoms with Crippen molar-refractivity contribution in [1.82, 2.24) is 0 Å². The van der Waals surface area contributed by atoms with Crippen LogP contribution in [-0.4, -0.2) is 12.6 Å². The highest BCUT2D eigenvalue weighted by atomic mass is 16.5. The van der Waals surface area contributed by atoms with E-state index in [2.05, 4.69) is 20.4 Å². The van der Waals surface area contributed by atoms with Crippen LogP contribution in [-0.2, 0) is 9.53 Å². The summed E-state index contributed by atoms with van der Waals surface area (Å²) in [6, 6.07) is 0. The van der Waals surface area contributed by atoms with Crippen LogP contribution in [0, 0.1) is 11.3 Å². The van der Waals surface area contributed by atoms with Crippen molar-refractivity contribution in [1.29, 1.82) is 0 Å². The maximum Gasteiger partial charge on any atom is 0.330 e. The Balaban J connectivity index is 2.20. The van der Waals surface area contributed by atoms with Gasteiger partial charge >= 0.3 is 5.97 Å². The number of carbonyl (C=O) groups excluding carboxylic acids is 1. The molecule has 0 amide bonds. The van der Waals surface area contributed by atoms with Crippen molar-refractivity contribution >= 4 is 5.97 Å². The minimum Gasteiger partial charge on any atom is -0.462 e. The lowest BCUT2D eigenvalue weighted by Crippen LogP contribution is -2.24. The Hall–Kier alpha value is -0.790. The van der Waals surface area contributed by atoms with Gasteiger partial charge < -0.3 is 4.74 Å². The summed E-state index contributed by atoms with van der Waals surface area (Å²) in [5.41, 5.74) is 0.512. The Morgan fingerprint density at radius 3 is 1.31 bits per heavy atom. The van der Waals surface area contributed by atoms with Crippen LogP contribution in [0.1, 0.15) is 239 Å². The van der Waals surface area contributed by atoms with E-state index in [1.54, 1.807) is 0 Å². The molecule has 0 aromatic carbocycles. The molecule has 0 heterocycles. The van der Waals surface area contributed by atoms with Gasteiger partial charge in [-0.05, 0) is 43.4 Å². The van der Waals surface area contributed by atoms with Crippen molar-refractivity contribution in [2.75, 3.05) is 6.61 Å². The van der Waals surface area contributed by atoms with E-state index in [4.69, 9.17) is 4.74 Å². The SMILES string of the molecule is C=CC(=O)OCC(CCCCCCCCCCCCCCCC)CC1(CCCCCCCCCCCCCCCC)CCCC1. The summed E-state index contributed by atoms with van der Waals surface area (Å²) in [5.74, 6) is 0.282. The first-order chi connectivity index (χ1) is 22.2.